The lowest BCUT2D eigenvalue weighted by Gasteiger charge is -2.12. The molecular formula is C16H17ClFN3OS. The first-order chi connectivity index (χ1) is 11.1. The van der Waals surface area contributed by atoms with Crippen molar-refractivity contribution >= 4 is 34.0 Å². The first kappa shape index (κ1) is 16.2. The van der Waals surface area contributed by atoms with Crippen LogP contribution in [0.2, 0.25) is 5.02 Å². The number of aromatic nitrogens is 1. The number of halogens is 2. The van der Waals surface area contributed by atoms with Crippen molar-refractivity contribution in [2.75, 3.05) is 24.5 Å². The third-order valence-corrected chi connectivity index (χ3v) is 5.04. The van der Waals surface area contributed by atoms with Crippen molar-refractivity contribution in [1.82, 2.24) is 10.3 Å². The van der Waals surface area contributed by atoms with Crippen LogP contribution >= 0.6 is 22.9 Å². The molecule has 3 rings (SSSR count). The van der Waals surface area contributed by atoms with Crippen molar-refractivity contribution in [3.63, 3.8) is 0 Å². The van der Waals surface area contributed by atoms with E-state index in [9.17, 15) is 9.18 Å². The van der Waals surface area contributed by atoms with Gasteiger partial charge in [0.15, 0.2) is 5.13 Å². The quantitative estimate of drug-likeness (QED) is 0.894. The Labute approximate surface area is 143 Å². The van der Waals surface area contributed by atoms with Gasteiger partial charge in [-0.25, -0.2) is 9.37 Å². The lowest BCUT2D eigenvalue weighted by Crippen LogP contribution is -2.27. The molecule has 0 aliphatic carbocycles. The van der Waals surface area contributed by atoms with Crippen LogP contribution in [0.25, 0.3) is 0 Å². The highest BCUT2D eigenvalue weighted by Gasteiger charge is 2.17. The van der Waals surface area contributed by atoms with Gasteiger partial charge in [0, 0.05) is 31.4 Å². The third-order valence-electron chi connectivity index (χ3n) is 3.77. The number of benzene rings is 1. The molecule has 0 saturated carbocycles. The Morgan fingerprint density at radius 2 is 2.17 bits per heavy atom. The molecule has 0 radical (unpaired) electrons. The van der Waals surface area contributed by atoms with Crippen molar-refractivity contribution in [1.29, 1.82) is 0 Å². The molecule has 0 unspecified atom stereocenters. The zero-order valence-corrected chi connectivity index (χ0v) is 14.1. The van der Waals surface area contributed by atoms with E-state index in [1.165, 1.54) is 31.0 Å². The fraction of sp³-hybridized carbons (Fsp3) is 0.375. The third kappa shape index (κ3) is 3.82. The average molecular weight is 354 g/mol. The predicted octanol–water partition coefficient (Wildman–Crippen LogP) is 3.51. The van der Waals surface area contributed by atoms with Crippen LogP contribution in [0.5, 0.6) is 0 Å². The van der Waals surface area contributed by atoms with Gasteiger partial charge in [-0.15, -0.1) is 11.3 Å². The number of hydrogen-bond donors (Lipinski definition) is 1. The summed E-state index contributed by atoms with van der Waals surface area (Å²) in [5.74, 6) is -1.11. The summed E-state index contributed by atoms with van der Waals surface area (Å²) in [7, 11) is 0. The van der Waals surface area contributed by atoms with Gasteiger partial charge in [0.2, 0.25) is 0 Å². The molecule has 23 heavy (non-hydrogen) atoms. The van der Waals surface area contributed by atoms with Crippen LogP contribution in [-0.2, 0) is 6.42 Å². The Morgan fingerprint density at radius 1 is 1.39 bits per heavy atom. The van der Waals surface area contributed by atoms with E-state index < -0.39 is 11.7 Å². The number of rotatable bonds is 5. The Morgan fingerprint density at radius 3 is 2.91 bits per heavy atom. The van der Waals surface area contributed by atoms with Crippen molar-refractivity contribution < 1.29 is 9.18 Å². The molecule has 1 aliphatic rings. The van der Waals surface area contributed by atoms with E-state index in [0.29, 0.717) is 13.0 Å². The Kier molecular flexibility index (Phi) is 5.13. The molecule has 0 bridgehead atoms. The maximum absolute atomic E-state index is 13.7. The first-order valence-corrected chi connectivity index (χ1v) is 8.82. The highest BCUT2D eigenvalue weighted by molar-refractivity contribution is 7.13. The summed E-state index contributed by atoms with van der Waals surface area (Å²) >= 11 is 7.51. The minimum absolute atomic E-state index is 0.106. The molecule has 1 aromatic heterocycles. The van der Waals surface area contributed by atoms with E-state index in [4.69, 9.17) is 11.6 Å². The number of anilines is 1. The maximum atomic E-state index is 13.7. The SMILES string of the molecule is O=C(NCCc1csc(N2CCCC2)n1)c1c(F)cccc1Cl. The second kappa shape index (κ2) is 7.27. The molecule has 1 fully saturated rings. The number of carbonyl (C=O) groups is 1. The van der Waals surface area contributed by atoms with Gasteiger partial charge >= 0.3 is 0 Å². The zero-order chi connectivity index (χ0) is 16.2. The lowest BCUT2D eigenvalue weighted by atomic mass is 10.2. The molecular weight excluding hydrogens is 337 g/mol. The summed E-state index contributed by atoms with van der Waals surface area (Å²) in [6.07, 6.45) is 3.05. The smallest absolute Gasteiger partial charge is 0.255 e. The van der Waals surface area contributed by atoms with Gasteiger partial charge in [-0.2, -0.15) is 0 Å². The number of hydrogen-bond acceptors (Lipinski definition) is 4. The molecule has 1 N–H and O–H groups in total. The van der Waals surface area contributed by atoms with Gasteiger partial charge in [0.05, 0.1) is 16.3 Å². The zero-order valence-electron chi connectivity index (χ0n) is 12.5. The van der Waals surface area contributed by atoms with E-state index >= 15 is 0 Å². The molecule has 4 nitrogen and oxygen atoms in total. The van der Waals surface area contributed by atoms with Crippen molar-refractivity contribution in [3.05, 3.63) is 45.7 Å². The van der Waals surface area contributed by atoms with E-state index in [1.54, 1.807) is 11.3 Å². The van der Waals surface area contributed by atoms with Gasteiger partial charge in [0.1, 0.15) is 5.82 Å². The van der Waals surface area contributed by atoms with Crippen molar-refractivity contribution in [2.24, 2.45) is 0 Å². The van der Waals surface area contributed by atoms with Crippen molar-refractivity contribution in [3.8, 4) is 0 Å². The second-order valence-corrected chi connectivity index (χ2v) is 6.66. The minimum atomic E-state index is -0.611. The maximum Gasteiger partial charge on any atom is 0.255 e. The van der Waals surface area contributed by atoms with Gasteiger partial charge in [-0.05, 0) is 25.0 Å². The van der Waals surface area contributed by atoms with Crippen LogP contribution < -0.4 is 10.2 Å². The van der Waals surface area contributed by atoms with Crippen LogP contribution in [0.15, 0.2) is 23.6 Å². The number of thiazole rings is 1. The van der Waals surface area contributed by atoms with Crippen molar-refractivity contribution in [2.45, 2.75) is 19.3 Å². The lowest BCUT2D eigenvalue weighted by molar-refractivity contribution is 0.0950. The van der Waals surface area contributed by atoms with Crippen LogP contribution in [0, 0.1) is 5.82 Å². The normalized spacial score (nSPS) is 14.3. The molecule has 1 saturated heterocycles. The summed E-state index contributed by atoms with van der Waals surface area (Å²) in [5.41, 5.74) is 0.835. The average Bonchev–Trinajstić information content (AvgIpc) is 3.18. The Hall–Kier alpha value is -1.66. The van der Waals surface area contributed by atoms with Gasteiger partial charge < -0.3 is 10.2 Å². The summed E-state index contributed by atoms with van der Waals surface area (Å²) in [6.45, 7) is 2.53. The standard InChI is InChI=1S/C16H17ClFN3OS/c17-12-4-3-5-13(18)14(12)15(22)19-7-6-11-10-23-16(20-11)21-8-1-2-9-21/h3-5,10H,1-2,6-9H2,(H,19,22). The van der Waals surface area contributed by atoms with E-state index in [-0.39, 0.29) is 10.6 Å². The monoisotopic (exact) mass is 353 g/mol. The van der Waals surface area contributed by atoms with Gasteiger partial charge in [-0.1, -0.05) is 17.7 Å². The molecule has 0 atom stereocenters. The fourth-order valence-electron chi connectivity index (χ4n) is 2.57. The van der Waals surface area contributed by atoms with Gasteiger partial charge in [0.25, 0.3) is 5.91 Å². The fourth-order valence-corrected chi connectivity index (χ4v) is 3.73. The molecule has 122 valence electrons. The highest BCUT2D eigenvalue weighted by Crippen LogP contribution is 2.24. The Balaban J connectivity index is 1.54. The van der Waals surface area contributed by atoms with Crippen LogP contribution in [0.3, 0.4) is 0 Å². The number of carbonyl (C=O) groups excluding carboxylic acids is 1. The molecule has 2 heterocycles. The number of nitrogens with one attached hydrogen (secondary N) is 1. The topological polar surface area (TPSA) is 45.2 Å². The first-order valence-electron chi connectivity index (χ1n) is 7.56. The Bertz CT molecular complexity index is 680. The largest absolute Gasteiger partial charge is 0.352 e. The van der Waals surface area contributed by atoms with Crippen LogP contribution in [-0.4, -0.2) is 30.5 Å². The van der Waals surface area contributed by atoms with Crippen LogP contribution in [0.4, 0.5) is 9.52 Å². The minimum Gasteiger partial charge on any atom is -0.352 e. The van der Waals surface area contributed by atoms with E-state index in [0.717, 1.165) is 23.9 Å². The molecule has 0 spiro atoms. The van der Waals surface area contributed by atoms with E-state index in [1.807, 2.05) is 5.38 Å². The second-order valence-electron chi connectivity index (χ2n) is 5.42. The van der Waals surface area contributed by atoms with Gasteiger partial charge in [-0.3, -0.25) is 4.79 Å². The summed E-state index contributed by atoms with van der Waals surface area (Å²) in [5, 5.41) is 5.87. The molecule has 1 amide bonds. The number of amides is 1. The van der Waals surface area contributed by atoms with Crippen LogP contribution in [0.1, 0.15) is 28.9 Å². The summed E-state index contributed by atoms with van der Waals surface area (Å²) in [6, 6.07) is 4.20. The molecule has 2 aromatic rings. The summed E-state index contributed by atoms with van der Waals surface area (Å²) in [4.78, 5) is 18.9. The van der Waals surface area contributed by atoms with E-state index in [2.05, 4.69) is 15.2 Å². The summed E-state index contributed by atoms with van der Waals surface area (Å²) < 4.78 is 13.7. The molecule has 1 aliphatic heterocycles. The highest BCUT2D eigenvalue weighted by atomic mass is 35.5. The molecule has 1 aromatic carbocycles. The predicted molar refractivity (Wildman–Crippen MR) is 91.0 cm³/mol. The molecule has 7 heteroatoms. The number of nitrogens with zero attached hydrogens (tertiary/aromatic N) is 2.